The number of nitrogens with zero attached hydrogens (tertiary/aromatic N) is 3. The Morgan fingerprint density at radius 2 is 2.08 bits per heavy atom. The van der Waals surface area contributed by atoms with Gasteiger partial charge in [-0.2, -0.15) is 5.26 Å². The maximum atomic E-state index is 13.1. The minimum Gasteiger partial charge on any atom is -0.356 e. The summed E-state index contributed by atoms with van der Waals surface area (Å²) in [6, 6.07) is 3.20. The minimum atomic E-state index is -0.482. The van der Waals surface area contributed by atoms with Gasteiger partial charge >= 0.3 is 0 Å². The number of aromatic amines is 1. The number of hydrogen-bond acceptors (Lipinski definition) is 5. The van der Waals surface area contributed by atoms with Crippen molar-refractivity contribution in [3.63, 3.8) is 0 Å². The summed E-state index contributed by atoms with van der Waals surface area (Å²) < 4.78 is 0. The van der Waals surface area contributed by atoms with Gasteiger partial charge in [-0.1, -0.05) is 0 Å². The summed E-state index contributed by atoms with van der Waals surface area (Å²) in [6.07, 6.45) is 1.93. The van der Waals surface area contributed by atoms with E-state index in [1.807, 2.05) is 13.1 Å². The number of amides is 2. The Kier molecular flexibility index (Phi) is 4.83. The number of nitrogens with one attached hydrogen (secondary N) is 2. The lowest BCUT2D eigenvalue weighted by Crippen LogP contribution is -2.62. The quantitative estimate of drug-likeness (QED) is 0.734. The Bertz CT molecular complexity index is 840. The number of piperazine rings is 1. The minimum absolute atomic E-state index is 0.0499. The van der Waals surface area contributed by atoms with Crippen LogP contribution in [0.4, 0.5) is 0 Å². The number of aryl methyl sites for hydroxylation is 1. The van der Waals surface area contributed by atoms with Crippen LogP contribution in [0.25, 0.3) is 0 Å². The number of rotatable bonds is 1. The first-order valence-electron chi connectivity index (χ1n) is 8.77. The lowest BCUT2D eigenvalue weighted by Gasteiger charge is -2.49. The first-order valence-corrected chi connectivity index (χ1v) is 8.77. The fraction of sp³-hybridized carbons (Fsp3) is 0.556. The molecule has 2 fully saturated rings. The normalized spacial score (nSPS) is 24.0. The van der Waals surface area contributed by atoms with E-state index in [2.05, 4.69) is 15.2 Å². The van der Waals surface area contributed by atoms with E-state index in [0.717, 1.165) is 6.42 Å². The molecule has 2 saturated heterocycles. The van der Waals surface area contributed by atoms with Crippen LogP contribution in [0.3, 0.4) is 0 Å². The van der Waals surface area contributed by atoms with E-state index in [4.69, 9.17) is 5.26 Å². The van der Waals surface area contributed by atoms with E-state index in [9.17, 15) is 14.4 Å². The summed E-state index contributed by atoms with van der Waals surface area (Å²) in [5.74, 6) is -0.139. The van der Waals surface area contributed by atoms with Gasteiger partial charge in [-0.3, -0.25) is 19.3 Å². The van der Waals surface area contributed by atoms with Crippen molar-refractivity contribution in [2.45, 2.75) is 31.7 Å². The molecule has 0 aliphatic carbocycles. The molecular formula is C18H23N5O3. The Hall–Kier alpha value is -2.66. The van der Waals surface area contributed by atoms with Crippen LogP contribution in [0, 0.1) is 18.3 Å². The zero-order chi connectivity index (χ0) is 18.9. The number of likely N-dealkylation sites (N-methyl/N-ethyl adjacent to an activating group) is 1. The molecule has 0 aromatic carbocycles. The molecule has 8 heteroatoms. The molecule has 0 bridgehead atoms. The second kappa shape index (κ2) is 6.92. The Morgan fingerprint density at radius 1 is 1.31 bits per heavy atom. The van der Waals surface area contributed by atoms with Gasteiger partial charge in [-0.25, -0.2) is 0 Å². The molecule has 26 heavy (non-hydrogen) atoms. The van der Waals surface area contributed by atoms with Crippen molar-refractivity contribution < 1.29 is 9.59 Å². The third-order valence-corrected chi connectivity index (χ3v) is 5.61. The highest BCUT2D eigenvalue weighted by Gasteiger charge is 2.42. The van der Waals surface area contributed by atoms with Crippen molar-refractivity contribution in [1.29, 1.82) is 5.26 Å². The number of nitriles is 1. The van der Waals surface area contributed by atoms with Crippen LogP contribution in [-0.4, -0.2) is 65.4 Å². The molecule has 0 saturated carbocycles. The highest BCUT2D eigenvalue weighted by atomic mass is 16.2. The highest BCUT2D eigenvalue weighted by Crippen LogP contribution is 2.31. The molecule has 3 heterocycles. The summed E-state index contributed by atoms with van der Waals surface area (Å²) in [5.41, 5.74) is 0.0338. The van der Waals surface area contributed by atoms with E-state index in [-0.39, 0.29) is 22.9 Å². The number of pyridine rings is 1. The van der Waals surface area contributed by atoms with Gasteiger partial charge in [-0.15, -0.1) is 0 Å². The van der Waals surface area contributed by atoms with Crippen molar-refractivity contribution in [3.8, 4) is 6.07 Å². The molecule has 8 nitrogen and oxygen atoms in total. The lowest BCUT2D eigenvalue weighted by molar-refractivity contribution is -0.121. The first-order chi connectivity index (χ1) is 12.4. The molecule has 0 unspecified atom stereocenters. The molecule has 1 atom stereocenters. The topological polar surface area (TPSA) is 109 Å². The molecule has 2 aliphatic heterocycles. The highest BCUT2D eigenvalue weighted by molar-refractivity contribution is 5.95. The second-order valence-electron chi connectivity index (χ2n) is 7.14. The predicted octanol–water partition coefficient (Wildman–Crippen LogP) is -0.0185. The van der Waals surface area contributed by atoms with Crippen LogP contribution >= 0.6 is 0 Å². The van der Waals surface area contributed by atoms with E-state index < -0.39 is 5.56 Å². The maximum absolute atomic E-state index is 13.1. The van der Waals surface area contributed by atoms with Gasteiger partial charge in [0.1, 0.15) is 11.6 Å². The van der Waals surface area contributed by atoms with Gasteiger partial charge in [-0.05, 0) is 32.9 Å². The molecule has 1 spiro atoms. The van der Waals surface area contributed by atoms with E-state index >= 15 is 0 Å². The molecule has 2 aliphatic rings. The third-order valence-electron chi connectivity index (χ3n) is 5.61. The van der Waals surface area contributed by atoms with Crippen molar-refractivity contribution in [2.24, 2.45) is 0 Å². The number of H-pyrrole nitrogens is 1. The number of carbonyl (C=O) groups excluding carboxylic acids is 2. The van der Waals surface area contributed by atoms with E-state index in [1.54, 1.807) is 11.8 Å². The number of hydrogen-bond donors (Lipinski definition) is 2. The largest absolute Gasteiger partial charge is 0.356 e. The van der Waals surface area contributed by atoms with Crippen LogP contribution in [0.2, 0.25) is 0 Å². The summed E-state index contributed by atoms with van der Waals surface area (Å²) >= 11 is 0. The van der Waals surface area contributed by atoms with Crippen molar-refractivity contribution in [3.05, 3.63) is 33.2 Å². The van der Waals surface area contributed by atoms with Crippen LogP contribution in [-0.2, 0) is 4.79 Å². The van der Waals surface area contributed by atoms with Crippen molar-refractivity contribution in [1.82, 2.24) is 20.1 Å². The van der Waals surface area contributed by atoms with Crippen molar-refractivity contribution >= 4 is 11.8 Å². The zero-order valence-electron chi connectivity index (χ0n) is 15.1. The summed E-state index contributed by atoms with van der Waals surface area (Å²) in [6.45, 7) is 4.07. The van der Waals surface area contributed by atoms with Crippen molar-refractivity contribution in [2.75, 3.05) is 33.2 Å². The molecule has 2 N–H and O–H groups in total. The van der Waals surface area contributed by atoms with E-state index in [1.165, 1.54) is 6.07 Å². The maximum Gasteiger partial charge on any atom is 0.266 e. The molecule has 1 aromatic rings. The summed E-state index contributed by atoms with van der Waals surface area (Å²) in [5, 5.41) is 12.0. The van der Waals surface area contributed by atoms with Crippen LogP contribution < -0.4 is 10.9 Å². The van der Waals surface area contributed by atoms with Gasteiger partial charge in [0.2, 0.25) is 5.91 Å². The first kappa shape index (κ1) is 18.1. The van der Waals surface area contributed by atoms with Crippen LogP contribution in [0.1, 0.15) is 40.9 Å². The zero-order valence-corrected chi connectivity index (χ0v) is 15.1. The van der Waals surface area contributed by atoms with Gasteiger partial charge in [0.15, 0.2) is 0 Å². The van der Waals surface area contributed by atoms with Crippen LogP contribution in [0.5, 0.6) is 0 Å². The fourth-order valence-corrected chi connectivity index (χ4v) is 3.87. The summed E-state index contributed by atoms with van der Waals surface area (Å²) in [4.78, 5) is 43.1. The molecule has 2 amide bonds. The Morgan fingerprint density at radius 3 is 2.81 bits per heavy atom. The molecule has 138 valence electrons. The smallest absolute Gasteiger partial charge is 0.266 e. The second-order valence-corrected chi connectivity index (χ2v) is 7.14. The van der Waals surface area contributed by atoms with Gasteiger partial charge in [0.05, 0.1) is 5.56 Å². The molecular weight excluding hydrogens is 334 g/mol. The molecule has 3 rings (SSSR count). The predicted molar refractivity (Wildman–Crippen MR) is 94.6 cm³/mol. The summed E-state index contributed by atoms with van der Waals surface area (Å²) in [7, 11) is 2.04. The van der Waals surface area contributed by atoms with Gasteiger partial charge in [0, 0.05) is 43.8 Å². The average molecular weight is 357 g/mol. The molecule has 0 radical (unpaired) electrons. The SMILES string of the molecule is Cc1[nH]c(=O)c(C#N)cc1C(=O)N1CCN(C)[C@]2(CCNC(=O)CC2)C1. The fourth-order valence-electron chi connectivity index (χ4n) is 3.87. The number of aromatic nitrogens is 1. The monoisotopic (exact) mass is 357 g/mol. The van der Waals surface area contributed by atoms with Gasteiger partial charge in [0.25, 0.3) is 11.5 Å². The Labute approximate surface area is 151 Å². The third kappa shape index (κ3) is 3.22. The van der Waals surface area contributed by atoms with Gasteiger partial charge < -0.3 is 15.2 Å². The lowest BCUT2D eigenvalue weighted by atomic mass is 9.86. The number of carbonyl (C=O) groups is 2. The molecule has 1 aromatic heterocycles. The van der Waals surface area contributed by atoms with E-state index in [0.29, 0.717) is 50.3 Å². The Balaban J connectivity index is 1.88. The van der Waals surface area contributed by atoms with Crippen LogP contribution in [0.15, 0.2) is 10.9 Å². The standard InChI is InChI=1S/C18H23N5O3/c1-12-14(9-13(10-19)16(25)21-12)17(26)23-8-7-22(2)18(11-23)4-3-15(24)20-6-5-18/h9H,3-8,11H2,1-2H3,(H,20,24)(H,21,25)/t18-/m1/s1. The average Bonchev–Trinajstić information content (AvgIpc) is 2.79.